The van der Waals surface area contributed by atoms with Crippen LogP contribution in [0.2, 0.25) is 0 Å². The molecule has 1 aromatic heterocycles. The minimum Gasteiger partial charge on any atom is -0.335 e. The van der Waals surface area contributed by atoms with Gasteiger partial charge in [0.15, 0.2) is 0 Å². The molecule has 0 radical (unpaired) electrons. The zero-order chi connectivity index (χ0) is 17.1. The molecule has 126 valence electrons. The van der Waals surface area contributed by atoms with Gasteiger partial charge in [0.05, 0.1) is 4.92 Å². The number of carbonyl (C=O) groups excluding carboxylic acids is 1. The van der Waals surface area contributed by atoms with Crippen molar-refractivity contribution in [3.8, 4) is 0 Å². The molecular formula is C15H16FN5O3. The lowest BCUT2D eigenvalue weighted by Gasteiger charge is -2.34. The Balaban J connectivity index is 1.61. The molecule has 2 heterocycles. The quantitative estimate of drug-likeness (QED) is 0.674. The SMILES string of the molecule is O=C(c1[nH]ncc1[N+](=O)[O-])N1CCN(Cc2ccccc2F)CC1. The van der Waals surface area contributed by atoms with Gasteiger partial charge in [0.25, 0.3) is 5.91 Å². The van der Waals surface area contributed by atoms with Gasteiger partial charge in [-0.25, -0.2) is 4.39 Å². The monoisotopic (exact) mass is 333 g/mol. The van der Waals surface area contributed by atoms with Crippen LogP contribution in [0.5, 0.6) is 0 Å². The average Bonchev–Trinajstić information content (AvgIpc) is 3.07. The van der Waals surface area contributed by atoms with Crippen molar-refractivity contribution in [2.75, 3.05) is 26.2 Å². The Labute approximate surface area is 137 Å². The number of nitro groups is 1. The maximum atomic E-state index is 13.7. The zero-order valence-electron chi connectivity index (χ0n) is 12.8. The first-order valence-corrected chi connectivity index (χ1v) is 7.49. The summed E-state index contributed by atoms with van der Waals surface area (Å²) < 4.78 is 13.7. The molecule has 0 saturated carbocycles. The smallest absolute Gasteiger partial charge is 0.319 e. The van der Waals surface area contributed by atoms with Gasteiger partial charge in [-0.3, -0.25) is 24.9 Å². The molecule has 1 N–H and O–H groups in total. The van der Waals surface area contributed by atoms with Crippen LogP contribution in [-0.4, -0.2) is 57.0 Å². The van der Waals surface area contributed by atoms with E-state index >= 15 is 0 Å². The van der Waals surface area contributed by atoms with Crippen LogP contribution in [0, 0.1) is 15.9 Å². The van der Waals surface area contributed by atoms with Crippen molar-refractivity contribution < 1.29 is 14.1 Å². The van der Waals surface area contributed by atoms with Gasteiger partial charge >= 0.3 is 5.69 Å². The Morgan fingerprint density at radius 3 is 2.67 bits per heavy atom. The van der Waals surface area contributed by atoms with Crippen LogP contribution in [0.4, 0.5) is 10.1 Å². The fourth-order valence-electron chi connectivity index (χ4n) is 2.71. The van der Waals surface area contributed by atoms with Crippen LogP contribution in [0.3, 0.4) is 0 Å². The molecule has 1 amide bonds. The number of H-pyrrole nitrogens is 1. The normalized spacial score (nSPS) is 15.5. The topological polar surface area (TPSA) is 95.4 Å². The molecule has 24 heavy (non-hydrogen) atoms. The van der Waals surface area contributed by atoms with Crippen molar-refractivity contribution >= 4 is 11.6 Å². The van der Waals surface area contributed by atoms with Crippen LogP contribution in [0.25, 0.3) is 0 Å². The number of hydrogen-bond acceptors (Lipinski definition) is 5. The summed E-state index contributed by atoms with van der Waals surface area (Å²) >= 11 is 0. The standard InChI is InChI=1S/C15H16FN5O3/c16-12-4-2-1-3-11(12)10-19-5-7-20(8-6-19)15(22)14-13(21(23)24)9-17-18-14/h1-4,9H,5-8,10H2,(H,17,18). The highest BCUT2D eigenvalue weighted by molar-refractivity contribution is 5.96. The van der Waals surface area contributed by atoms with E-state index in [9.17, 15) is 19.3 Å². The van der Waals surface area contributed by atoms with Gasteiger partial charge in [0, 0.05) is 38.3 Å². The van der Waals surface area contributed by atoms with Gasteiger partial charge in [-0.1, -0.05) is 18.2 Å². The van der Waals surface area contributed by atoms with Crippen molar-refractivity contribution in [2.45, 2.75) is 6.54 Å². The lowest BCUT2D eigenvalue weighted by molar-refractivity contribution is -0.385. The van der Waals surface area contributed by atoms with Crippen LogP contribution in [-0.2, 0) is 6.54 Å². The minimum absolute atomic E-state index is 0.109. The highest BCUT2D eigenvalue weighted by Crippen LogP contribution is 2.18. The average molecular weight is 333 g/mol. The number of amides is 1. The molecule has 1 saturated heterocycles. The van der Waals surface area contributed by atoms with Gasteiger partial charge in [0.1, 0.15) is 12.0 Å². The second-order valence-corrected chi connectivity index (χ2v) is 5.55. The molecule has 1 aliphatic heterocycles. The fourth-order valence-corrected chi connectivity index (χ4v) is 2.71. The van der Waals surface area contributed by atoms with Gasteiger partial charge in [-0.05, 0) is 6.07 Å². The first-order chi connectivity index (χ1) is 11.6. The molecule has 1 aliphatic rings. The minimum atomic E-state index is -0.634. The Morgan fingerprint density at radius 2 is 2.00 bits per heavy atom. The largest absolute Gasteiger partial charge is 0.335 e. The van der Waals surface area contributed by atoms with E-state index in [2.05, 4.69) is 10.2 Å². The molecule has 3 rings (SSSR count). The number of nitrogens with zero attached hydrogens (tertiary/aromatic N) is 4. The number of nitrogens with one attached hydrogen (secondary N) is 1. The summed E-state index contributed by atoms with van der Waals surface area (Å²) in [6, 6.07) is 6.59. The molecule has 0 aliphatic carbocycles. The number of rotatable bonds is 4. The van der Waals surface area contributed by atoms with Crippen LogP contribution in [0.15, 0.2) is 30.5 Å². The van der Waals surface area contributed by atoms with E-state index < -0.39 is 10.8 Å². The number of benzene rings is 1. The molecule has 0 spiro atoms. The number of piperazine rings is 1. The predicted octanol–water partition coefficient (Wildman–Crippen LogP) is 1.41. The van der Waals surface area contributed by atoms with Gasteiger partial charge in [-0.15, -0.1) is 0 Å². The number of aromatic nitrogens is 2. The molecule has 2 aromatic rings. The number of hydrogen-bond donors (Lipinski definition) is 1. The van der Waals surface area contributed by atoms with Crippen molar-refractivity contribution in [1.29, 1.82) is 0 Å². The van der Waals surface area contributed by atoms with E-state index in [0.717, 1.165) is 6.20 Å². The van der Waals surface area contributed by atoms with E-state index in [0.29, 0.717) is 38.3 Å². The molecule has 1 fully saturated rings. The molecular weight excluding hydrogens is 317 g/mol. The van der Waals surface area contributed by atoms with E-state index in [1.165, 1.54) is 6.07 Å². The third-order valence-electron chi connectivity index (χ3n) is 4.04. The molecule has 0 bridgehead atoms. The van der Waals surface area contributed by atoms with Crippen molar-refractivity contribution in [2.24, 2.45) is 0 Å². The van der Waals surface area contributed by atoms with Crippen molar-refractivity contribution in [3.05, 3.63) is 57.7 Å². The van der Waals surface area contributed by atoms with E-state index in [4.69, 9.17) is 0 Å². The summed E-state index contributed by atoms with van der Waals surface area (Å²) in [5.74, 6) is -0.686. The molecule has 1 aromatic carbocycles. The number of halogens is 1. The first-order valence-electron chi connectivity index (χ1n) is 7.49. The van der Waals surface area contributed by atoms with E-state index in [1.807, 2.05) is 4.90 Å². The summed E-state index contributed by atoms with van der Waals surface area (Å²) in [5.41, 5.74) is 0.179. The molecule has 8 nitrogen and oxygen atoms in total. The van der Waals surface area contributed by atoms with Crippen LogP contribution < -0.4 is 0 Å². The Morgan fingerprint density at radius 1 is 1.29 bits per heavy atom. The molecule has 9 heteroatoms. The van der Waals surface area contributed by atoms with Gasteiger partial charge in [0.2, 0.25) is 5.69 Å². The summed E-state index contributed by atoms with van der Waals surface area (Å²) in [4.78, 5) is 26.2. The summed E-state index contributed by atoms with van der Waals surface area (Å²) in [6.45, 7) is 2.45. The third kappa shape index (κ3) is 3.25. The first kappa shape index (κ1) is 16.1. The maximum Gasteiger partial charge on any atom is 0.319 e. The number of aromatic amines is 1. The second-order valence-electron chi connectivity index (χ2n) is 5.55. The van der Waals surface area contributed by atoms with E-state index in [1.54, 1.807) is 23.1 Å². The lowest BCUT2D eigenvalue weighted by atomic mass is 10.2. The summed E-state index contributed by atoms with van der Waals surface area (Å²) in [7, 11) is 0. The Hall–Kier alpha value is -2.81. The Bertz CT molecular complexity index is 755. The maximum absolute atomic E-state index is 13.7. The summed E-state index contributed by atoms with van der Waals surface area (Å²) in [5, 5.41) is 16.9. The van der Waals surface area contributed by atoms with Crippen LogP contribution >= 0.6 is 0 Å². The van der Waals surface area contributed by atoms with Crippen molar-refractivity contribution in [3.63, 3.8) is 0 Å². The van der Waals surface area contributed by atoms with Gasteiger partial charge in [-0.2, -0.15) is 5.10 Å². The molecule has 0 unspecified atom stereocenters. The van der Waals surface area contributed by atoms with Crippen molar-refractivity contribution in [1.82, 2.24) is 20.0 Å². The summed E-state index contributed by atoms with van der Waals surface area (Å²) in [6.07, 6.45) is 1.03. The predicted molar refractivity (Wildman–Crippen MR) is 82.8 cm³/mol. The highest BCUT2D eigenvalue weighted by Gasteiger charge is 2.29. The Kier molecular flexibility index (Phi) is 4.52. The zero-order valence-corrected chi connectivity index (χ0v) is 12.8. The van der Waals surface area contributed by atoms with Crippen LogP contribution in [0.1, 0.15) is 16.1 Å². The number of carbonyl (C=O) groups is 1. The lowest BCUT2D eigenvalue weighted by Crippen LogP contribution is -2.48. The third-order valence-corrected chi connectivity index (χ3v) is 4.04. The van der Waals surface area contributed by atoms with E-state index in [-0.39, 0.29) is 17.2 Å². The highest BCUT2D eigenvalue weighted by atomic mass is 19.1. The second kappa shape index (κ2) is 6.75. The fraction of sp³-hybridized carbons (Fsp3) is 0.333. The molecule has 0 atom stereocenters. The van der Waals surface area contributed by atoms with Gasteiger partial charge < -0.3 is 4.90 Å².